The van der Waals surface area contributed by atoms with Crippen LogP contribution in [-0.4, -0.2) is 44.3 Å². The Morgan fingerprint density at radius 2 is 1.73 bits per heavy atom. The van der Waals surface area contributed by atoms with E-state index in [9.17, 15) is 14.7 Å². The molecular formula is C23H26N2O5. The third-order valence-electron chi connectivity index (χ3n) is 5.06. The Kier molecular flexibility index (Phi) is 6.95. The molecule has 1 amide bonds. The average molecular weight is 410 g/mol. The number of para-hydroxylation sites is 1. The highest BCUT2D eigenvalue weighted by molar-refractivity contribution is 6.06. The Morgan fingerprint density at radius 3 is 2.40 bits per heavy atom. The summed E-state index contributed by atoms with van der Waals surface area (Å²) in [5.74, 6) is -0.195. The van der Waals surface area contributed by atoms with Gasteiger partial charge in [0.2, 0.25) is 5.91 Å². The molecule has 7 nitrogen and oxygen atoms in total. The molecule has 0 atom stereocenters. The van der Waals surface area contributed by atoms with E-state index in [2.05, 4.69) is 10.2 Å². The highest BCUT2D eigenvalue weighted by Gasteiger charge is 2.18. The van der Waals surface area contributed by atoms with Crippen LogP contribution in [-0.2, 0) is 4.79 Å². The van der Waals surface area contributed by atoms with Crippen molar-refractivity contribution in [1.82, 2.24) is 0 Å². The maximum absolute atomic E-state index is 12.4. The van der Waals surface area contributed by atoms with Gasteiger partial charge >= 0.3 is 5.97 Å². The van der Waals surface area contributed by atoms with E-state index < -0.39 is 11.9 Å². The first-order valence-electron chi connectivity index (χ1n) is 9.86. The number of nitrogens with zero attached hydrogens (tertiary/aromatic N) is 1. The lowest BCUT2D eigenvalue weighted by atomic mass is 10.1. The molecule has 7 heteroatoms. The van der Waals surface area contributed by atoms with Crippen LogP contribution in [0.4, 0.5) is 11.4 Å². The number of hydrogen-bond acceptors (Lipinski definition) is 5. The molecule has 2 aromatic rings. The van der Waals surface area contributed by atoms with Crippen LogP contribution in [0.1, 0.15) is 35.2 Å². The number of anilines is 2. The monoisotopic (exact) mass is 410 g/mol. The Balaban J connectivity index is 1.82. The van der Waals surface area contributed by atoms with E-state index in [-0.39, 0.29) is 11.3 Å². The Hall–Kier alpha value is -3.48. The number of ether oxygens (including phenoxy) is 2. The molecule has 2 N–H and O–H groups in total. The summed E-state index contributed by atoms with van der Waals surface area (Å²) >= 11 is 0. The van der Waals surface area contributed by atoms with Crippen LogP contribution in [0.2, 0.25) is 0 Å². The van der Waals surface area contributed by atoms with Gasteiger partial charge < -0.3 is 24.8 Å². The molecule has 1 saturated heterocycles. The molecule has 158 valence electrons. The van der Waals surface area contributed by atoms with Crippen molar-refractivity contribution in [3.8, 4) is 11.5 Å². The van der Waals surface area contributed by atoms with Crippen molar-refractivity contribution in [3.05, 3.63) is 53.6 Å². The second-order valence-corrected chi connectivity index (χ2v) is 6.99. The normalized spacial score (nSPS) is 13.9. The third kappa shape index (κ3) is 4.92. The van der Waals surface area contributed by atoms with Crippen LogP contribution in [0.15, 0.2) is 42.5 Å². The van der Waals surface area contributed by atoms with Crippen molar-refractivity contribution in [3.63, 3.8) is 0 Å². The van der Waals surface area contributed by atoms with Gasteiger partial charge in [-0.1, -0.05) is 12.1 Å². The minimum atomic E-state index is -1.10. The van der Waals surface area contributed by atoms with Gasteiger partial charge in [-0.25, -0.2) is 4.79 Å². The van der Waals surface area contributed by atoms with E-state index in [0.717, 1.165) is 31.6 Å². The molecule has 1 heterocycles. The van der Waals surface area contributed by atoms with E-state index >= 15 is 0 Å². The highest BCUT2D eigenvalue weighted by atomic mass is 16.5. The number of amides is 1. The molecule has 0 aliphatic carbocycles. The number of piperidine rings is 1. The number of methoxy groups -OCH3 is 2. The van der Waals surface area contributed by atoms with E-state index in [1.54, 1.807) is 38.5 Å². The highest BCUT2D eigenvalue weighted by Crippen LogP contribution is 2.37. The van der Waals surface area contributed by atoms with Gasteiger partial charge in [-0.2, -0.15) is 0 Å². The van der Waals surface area contributed by atoms with Crippen molar-refractivity contribution in [1.29, 1.82) is 0 Å². The van der Waals surface area contributed by atoms with Crippen LogP contribution in [0.5, 0.6) is 11.5 Å². The molecule has 1 fully saturated rings. The smallest absolute Gasteiger partial charge is 0.337 e. The molecule has 1 aliphatic rings. The van der Waals surface area contributed by atoms with Gasteiger partial charge in [0, 0.05) is 30.8 Å². The lowest BCUT2D eigenvalue weighted by Crippen LogP contribution is -2.29. The Morgan fingerprint density at radius 1 is 1.03 bits per heavy atom. The average Bonchev–Trinajstić information content (AvgIpc) is 2.77. The number of aromatic carboxylic acids is 1. The van der Waals surface area contributed by atoms with Gasteiger partial charge in [-0.15, -0.1) is 0 Å². The predicted octanol–water partition coefficient (Wildman–Crippen LogP) is 4.04. The number of carboxylic acids is 1. The Labute approximate surface area is 175 Å². The number of carbonyl (C=O) groups excluding carboxylic acids is 1. The molecule has 30 heavy (non-hydrogen) atoms. The summed E-state index contributed by atoms with van der Waals surface area (Å²) in [5.41, 5.74) is 1.94. The first kappa shape index (κ1) is 21.2. The number of benzene rings is 2. The van der Waals surface area contributed by atoms with Crippen LogP contribution in [0, 0.1) is 0 Å². The fourth-order valence-electron chi connectivity index (χ4n) is 3.54. The number of carbonyl (C=O) groups is 2. The molecule has 1 aliphatic heterocycles. The molecule has 0 radical (unpaired) electrons. The van der Waals surface area contributed by atoms with E-state index in [4.69, 9.17) is 9.47 Å². The summed E-state index contributed by atoms with van der Waals surface area (Å²) in [5, 5.41) is 11.8. The zero-order valence-corrected chi connectivity index (χ0v) is 17.2. The standard InChI is InChI=1S/C23H26N2O5/c1-29-20-15-19(25-12-6-3-7-13-25)21(30-2)14-16(20)10-11-22(26)24-18-9-5-4-8-17(18)23(27)28/h4-5,8-11,14-15H,3,6-7,12-13H2,1-2H3,(H,24,26)(H,27,28)/b11-10+. The first-order valence-corrected chi connectivity index (χ1v) is 9.86. The molecule has 0 unspecified atom stereocenters. The van der Waals surface area contributed by atoms with Crippen LogP contribution in [0.25, 0.3) is 6.08 Å². The van der Waals surface area contributed by atoms with Gasteiger partial charge in [-0.3, -0.25) is 4.79 Å². The van der Waals surface area contributed by atoms with Gasteiger partial charge in [0.25, 0.3) is 0 Å². The minimum Gasteiger partial charge on any atom is -0.496 e. The SMILES string of the molecule is COc1cc(N2CCCCC2)c(OC)cc1/C=C/C(=O)Nc1ccccc1C(=O)O. The van der Waals surface area contributed by atoms with E-state index in [1.807, 2.05) is 12.1 Å². The lowest BCUT2D eigenvalue weighted by molar-refractivity contribution is -0.111. The molecule has 3 rings (SSSR count). The molecule has 0 spiro atoms. The maximum Gasteiger partial charge on any atom is 0.337 e. The molecular weight excluding hydrogens is 384 g/mol. The first-order chi connectivity index (χ1) is 14.5. The summed E-state index contributed by atoms with van der Waals surface area (Å²) in [6, 6.07) is 10.0. The zero-order valence-electron chi connectivity index (χ0n) is 17.2. The largest absolute Gasteiger partial charge is 0.496 e. The summed E-state index contributed by atoms with van der Waals surface area (Å²) in [4.78, 5) is 25.9. The topological polar surface area (TPSA) is 88.1 Å². The molecule has 0 bridgehead atoms. The third-order valence-corrected chi connectivity index (χ3v) is 5.06. The number of rotatable bonds is 7. The quantitative estimate of drug-likeness (QED) is 0.670. The minimum absolute atomic E-state index is 0.0318. The van der Waals surface area contributed by atoms with Gasteiger partial charge in [0.15, 0.2) is 0 Å². The van der Waals surface area contributed by atoms with Crippen molar-refractivity contribution < 1.29 is 24.2 Å². The van der Waals surface area contributed by atoms with Crippen molar-refractivity contribution in [2.24, 2.45) is 0 Å². The Bertz CT molecular complexity index is 949. The maximum atomic E-state index is 12.4. The molecule has 0 aromatic heterocycles. The second-order valence-electron chi connectivity index (χ2n) is 6.99. The molecule has 2 aromatic carbocycles. The second kappa shape index (κ2) is 9.82. The van der Waals surface area contributed by atoms with Crippen molar-refractivity contribution >= 4 is 29.3 Å². The van der Waals surface area contributed by atoms with Crippen molar-refractivity contribution in [2.45, 2.75) is 19.3 Å². The number of hydrogen-bond donors (Lipinski definition) is 2. The fraction of sp³-hybridized carbons (Fsp3) is 0.304. The van der Waals surface area contributed by atoms with E-state index in [0.29, 0.717) is 17.1 Å². The van der Waals surface area contributed by atoms with Gasteiger partial charge in [0.05, 0.1) is 31.2 Å². The summed E-state index contributed by atoms with van der Waals surface area (Å²) < 4.78 is 11.1. The summed E-state index contributed by atoms with van der Waals surface area (Å²) in [6.07, 6.45) is 6.49. The van der Waals surface area contributed by atoms with E-state index in [1.165, 1.54) is 18.6 Å². The fourth-order valence-corrected chi connectivity index (χ4v) is 3.54. The number of carboxylic acid groups (broad SMARTS) is 1. The van der Waals surface area contributed by atoms with Gasteiger partial charge in [-0.05, 0) is 43.5 Å². The predicted molar refractivity (Wildman–Crippen MR) is 117 cm³/mol. The summed E-state index contributed by atoms with van der Waals surface area (Å²) in [7, 11) is 3.21. The van der Waals surface area contributed by atoms with Gasteiger partial charge in [0.1, 0.15) is 11.5 Å². The van der Waals surface area contributed by atoms with Crippen LogP contribution >= 0.6 is 0 Å². The molecule has 0 saturated carbocycles. The van der Waals surface area contributed by atoms with Crippen LogP contribution < -0.4 is 19.7 Å². The van der Waals surface area contributed by atoms with Crippen molar-refractivity contribution in [2.75, 3.05) is 37.5 Å². The number of nitrogens with one attached hydrogen (secondary N) is 1. The zero-order chi connectivity index (χ0) is 21.5. The van der Waals surface area contributed by atoms with Crippen LogP contribution in [0.3, 0.4) is 0 Å². The lowest BCUT2D eigenvalue weighted by Gasteiger charge is -2.30. The summed E-state index contributed by atoms with van der Waals surface area (Å²) in [6.45, 7) is 1.94.